The van der Waals surface area contributed by atoms with Crippen molar-refractivity contribution >= 4 is 0 Å². The molecule has 84 valence electrons. The molecule has 0 saturated heterocycles. The molecule has 4 nitrogen and oxygen atoms in total. The van der Waals surface area contributed by atoms with Crippen LogP contribution in [0, 0.1) is 13.8 Å². The Labute approximate surface area is 94.6 Å². The van der Waals surface area contributed by atoms with Crippen LogP contribution >= 0.6 is 0 Å². The summed E-state index contributed by atoms with van der Waals surface area (Å²) in [4.78, 5) is 8.44. The van der Waals surface area contributed by atoms with E-state index in [1.165, 1.54) is 0 Å². The van der Waals surface area contributed by atoms with E-state index in [4.69, 9.17) is 0 Å². The van der Waals surface area contributed by atoms with E-state index >= 15 is 0 Å². The van der Waals surface area contributed by atoms with Crippen LogP contribution in [0.15, 0.2) is 24.7 Å². The first kappa shape index (κ1) is 10.8. The molecule has 0 radical (unpaired) electrons. The fraction of sp³-hybridized carbons (Fsp3) is 0.333. The molecule has 0 bridgehead atoms. The van der Waals surface area contributed by atoms with Crippen molar-refractivity contribution in [3.63, 3.8) is 0 Å². The summed E-state index contributed by atoms with van der Waals surface area (Å²) in [7, 11) is 0. The summed E-state index contributed by atoms with van der Waals surface area (Å²) in [5.74, 6) is 0. The van der Waals surface area contributed by atoms with E-state index in [-0.39, 0.29) is 0 Å². The van der Waals surface area contributed by atoms with Gasteiger partial charge >= 0.3 is 0 Å². The monoisotopic (exact) mass is 217 g/mol. The van der Waals surface area contributed by atoms with Crippen molar-refractivity contribution in [2.24, 2.45) is 0 Å². The van der Waals surface area contributed by atoms with E-state index in [1.54, 1.807) is 19.4 Å². The third-order valence-electron chi connectivity index (χ3n) is 2.73. The quantitative estimate of drug-likeness (QED) is 0.836. The third kappa shape index (κ3) is 1.84. The van der Waals surface area contributed by atoms with Gasteiger partial charge in [0, 0.05) is 5.69 Å². The van der Waals surface area contributed by atoms with Gasteiger partial charge in [-0.3, -0.25) is 4.98 Å². The molecule has 0 aliphatic carbocycles. The average Bonchev–Trinajstić information content (AvgIpc) is 2.60. The zero-order chi connectivity index (χ0) is 11.7. The summed E-state index contributed by atoms with van der Waals surface area (Å²) < 4.78 is 1.98. The van der Waals surface area contributed by atoms with E-state index in [1.807, 2.05) is 30.5 Å². The molecule has 0 saturated carbocycles. The number of imidazole rings is 1. The predicted octanol–water partition coefficient (Wildman–Crippen LogP) is 1.94. The summed E-state index contributed by atoms with van der Waals surface area (Å²) in [6.07, 6.45) is 3.00. The normalized spacial score (nSPS) is 12.8. The van der Waals surface area contributed by atoms with Crippen molar-refractivity contribution in [1.82, 2.24) is 14.5 Å². The minimum atomic E-state index is -0.528. The summed E-state index contributed by atoms with van der Waals surface area (Å²) in [5.41, 5.74) is 3.76. The molecular weight excluding hydrogens is 202 g/mol. The van der Waals surface area contributed by atoms with Crippen LogP contribution in [0.5, 0.6) is 0 Å². The smallest absolute Gasteiger partial charge is 0.0997 e. The summed E-state index contributed by atoms with van der Waals surface area (Å²) in [5, 5.41) is 9.36. The highest BCUT2D eigenvalue weighted by Crippen LogP contribution is 2.15. The highest BCUT2D eigenvalue weighted by molar-refractivity contribution is 5.33. The second-order valence-corrected chi connectivity index (χ2v) is 3.90. The highest BCUT2D eigenvalue weighted by Gasteiger charge is 2.06. The van der Waals surface area contributed by atoms with E-state index < -0.39 is 6.10 Å². The lowest BCUT2D eigenvalue weighted by Crippen LogP contribution is -1.99. The van der Waals surface area contributed by atoms with E-state index in [0.29, 0.717) is 5.69 Å². The summed E-state index contributed by atoms with van der Waals surface area (Å²) in [6, 6.07) is 3.76. The maximum atomic E-state index is 9.36. The molecule has 0 aliphatic rings. The Bertz CT molecular complexity index is 485. The number of pyridine rings is 1. The van der Waals surface area contributed by atoms with Crippen LogP contribution in [-0.2, 0) is 0 Å². The molecule has 0 fully saturated rings. The van der Waals surface area contributed by atoms with Gasteiger partial charge in [0.05, 0.1) is 35.7 Å². The predicted molar refractivity (Wildman–Crippen MR) is 61.5 cm³/mol. The number of hydrogen-bond donors (Lipinski definition) is 1. The first-order valence-electron chi connectivity index (χ1n) is 5.24. The Balaban J connectivity index is 2.38. The van der Waals surface area contributed by atoms with Gasteiger partial charge < -0.3 is 9.67 Å². The molecule has 0 spiro atoms. The van der Waals surface area contributed by atoms with Gasteiger partial charge in [0.2, 0.25) is 0 Å². The molecule has 16 heavy (non-hydrogen) atoms. The van der Waals surface area contributed by atoms with Gasteiger partial charge in [0.25, 0.3) is 0 Å². The summed E-state index contributed by atoms with van der Waals surface area (Å²) in [6.45, 7) is 5.70. The molecule has 1 atom stereocenters. The molecule has 2 aromatic rings. The van der Waals surface area contributed by atoms with Gasteiger partial charge in [-0.05, 0) is 32.9 Å². The first-order chi connectivity index (χ1) is 7.59. The zero-order valence-electron chi connectivity index (χ0n) is 9.68. The Morgan fingerprint density at radius 3 is 2.44 bits per heavy atom. The molecular formula is C12H15N3O. The molecule has 2 aromatic heterocycles. The highest BCUT2D eigenvalue weighted by atomic mass is 16.3. The fourth-order valence-corrected chi connectivity index (χ4v) is 1.55. The van der Waals surface area contributed by atoms with Crippen LogP contribution in [0.2, 0.25) is 0 Å². The minimum absolute atomic E-state index is 0.528. The largest absolute Gasteiger partial charge is 0.387 e. The maximum Gasteiger partial charge on any atom is 0.0997 e. The molecule has 2 heterocycles. The number of nitrogens with zero attached hydrogens (tertiary/aromatic N) is 3. The maximum absolute atomic E-state index is 9.36. The first-order valence-corrected chi connectivity index (χ1v) is 5.24. The third-order valence-corrected chi connectivity index (χ3v) is 2.73. The van der Waals surface area contributed by atoms with E-state index in [9.17, 15) is 5.11 Å². The Morgan fingerprint density at radius 2 is 2.00 bits per heavy atom. The van der Waals surface area contributed by atoms with Crippen LogP contribution in [0.25, 0.3) is 5.69 Å². The van der Waals surface area contributed by atoms with Crippen LogP contribution in [-0.4, -0.2) is 19.6 Å². The molecule has 1 N–H and O–H groups in total. The van der Waals surface area contributed by atoms with Gasteiger partial charge in [-0.15, -0.1) is 0 Å². The molecule has 0 amide bonds. The topological polar surface area (TPSA) is 50.9 Å². The van der Waals surface area contributed by atoms with Crippen molar-refractivity contribution < 1.29 is 5.11 Å². The van der Waals surface area contributed by atoms with Gasteiger partial charge in [-0.1, -0.05) is 0 Å². The average molecular weight is 217 g/mol. The Hall–Kier alpha value is -1.68. The van der Waals surface area contributed by atoms with Crippen molar-refractivity contribution in [1.29, 1.82) is 0 Å². The molecule has 0 aliphatic heterocycles. The zero-order valence-corrected chi connectivity index (χ0v) is 9.68. The van der Waals surface area contributed by atoms with Crippen LogP contribution in [0.1, 0.15) is 30.1 Å². The second kappa shape index (κ2) is 4.06. The lowest BCUT2D eigenvalue weighted by molar-refractivity contribution is 0.194. The molecule has 0 unspecified atom stereocenters. The number of aliphatic hydroxyl groups excluding tert-OH is 1. The SMILES string of the molecule is Cc1ncn(-c2ccc([C@@H](C)O)nc2)c1C. The molecule has 0 aromatic carbocycles. The molecule has 2 rings (SSSR count). The number of rotatable bonds is 2. The molecule has 4 heteroatoms. The van der Waals surface area contributed by atoms with Gasteiger partial charge in [0.1, 0.15) is 0 Å². The van der Waals surface area contributed by atoms with E-state index in [0.717, 1.165) is 17.1 Å². The van der Waals surface area contributed by atoms with Gasteiger partial charge in [0.15, 0.2) is 0 Å². The van der Waals surface area contributed by atoms with Crippen LogP contribution in [0.4, 0.5) is 0 Å². The Morgan fingerprint density at radius 1 is 1.25 bits per heavy atom. The minimum Gasteiger partial charge on any atom is -0.387 e. The van der Waals surface area contributed by atoms with E-state index in [2.05, 4.69) is 9.97 Å². The fourth-order valence-electron chi connectivity index (χ4n) is 1.55. The second-order valence-electron chi connectivity index (χ2n) is 3.90. The lowest BCUT2D eigenvalue weighted by atomic mass is 10.2. The standard InChI is InChI=1S/C12H15N3O/c1-8-9(2)15(7-14-8)11-4-5-12(10(3)16)13-6-11/h4-7,10,16H,1-3H3/t10-/m1/s1. The Kier molecular flexibility index (Phi) is 2.75. The van der Waals surface area contributed by atoms with Crippen molar-refractivity contribution in [3.8, 4) is 5.69 Å². The summed E-state index contributed by atoms with van der Waals surface area (Å²) >= 11 is 0. The van der Waals surface area contributed by atoms with Crippen molar-refractivity contribution in [3.05, 3.63) is 41.7 Å². The van der Waals surface area contributed by atoms with Crippen molar-refractivity contribution in [2.75, 3.05) is 0 Å². The number of aromatic nitrogens is 3. The number of aliphatic hydroxyl groups is 1. The van der Waals surface area contributed by atoms with Gasteiger partial charge in [-0.2, -0.15) is 0 Å². The van der Waals surface area contributed by atoms with Crippen LogP contribution < -0.4 is 0 Å². The number of aryl methyl sites for hydroxylation is 1. The lowest BCUT2D eigenvalue weighted by Gasteiger charge is -2.07. The van der Waals surface area contributed by atoms with Crippen LogP contribution in [0.3, 0.4) is 0 Å². The number of hydrogen-bond acceptors (Lipinski definition) is 3. The van der Waals surface area contributed by atoms with Gasteiger partial charge in [-0.25, -0.2) is 4.98 Å². The van der Waals surface area contributed by atoms with Crippen molar-refractivity contribution in [2.45, 2.75) is 26.9 Å².